The van der Waals surface area contributed by atoms with Gasteiger partial charge in [0, 0.05) is 17.8 Å². The van der Waals surface area contributed by atoms with Gasteiger partial charge in [-0.3, -0.25) is 0 Å². The molecule has 0 unspecified atom stereocenters. The van der Waals surface area contributed by atoms with Gasteiger partial charge in [-0.2, -0.15) is 0 Å². The molecule has 0 atom stereocenters. The molecule has 0 aliphatic rings. The summed E-state index contributed by atoms with van der Waals surface area (Å²) in [6.07, 6.45) is 0. The Kier molecular flexibility index (Phi) is 6.85. The lowest BCUT2D eigenvalue weighted by Crippen LogP contribution is -2.04. The molecule has 0 aliphatic heterocycles. The van der Waals surface area contributed by atoms with Gasteiger partial charge in [-0.05, 0) is 12.1 Å². The Bertz CT molecular complexity index is 281. The third-order valence-electron chi connectivity index (χ3n) is 1.75. The highest BCUT2D eigenvalue weighted by molar-refractivity contribution is 7.99. The molecule has 1 aromatic carbocycles. The van der Waals surface area contributed by atoms with Crippen LogP contribution in [0, 0.1) is 0 Å². The maximum absolute atomic E-state index is 6.01. The van der Waals surface area contributed by atoms with Crippen LogP contribution in [0.25, 0.3) is 0 Å². The smallest absolute Gasteiger partial charge is 0.0700 e. The Hall–Kier alpha value is -0.220. The molecule has 4 heteroatoms. The summed E-state index contributed by atoms with van der Waals surface area (Å²) >= 11 is 7.71. The number of methoxy groups -OCH3 is 1. The maximum Gasteiger partial charge on any atom is 0.0700 e. The summed E-state index contributed by atoms with van der Waals surface area (Å²) in [4.78, 5) is 1.11. The van der Waals surface area contributed by atoms with Crippen LogP contribution < -0.4 is 0 Å². The summed E-state index contributed by atoms with van der Waals surface area (Å²) in [6.45, 7) is 2.02. The van der Waals surface area contributed by atoms with E-state index >= 15 is 0 Å². The van der Waals surface area contributed by atoms with Crippen molar-refractivity contribution in [1.82, 2.24) is 0 Å². The van der Waals surface area contributed by atoms with Crippen molar-refractivity contribution in [3.63, 3.8) is 0 Å². The fourth-order valence-electron chi connectivity index (χ4n) is 1.02. The Morgan fingerprint density at radius 2 is 2.00 bits per heavy atom. The molecule has 0 heterocycles. The second kappa shape index (κ2) is 7.99. The summed E-state index contributed by atoms with van der Waals surface area (Å²) in [5.41, 5.74) is 0. The standard InChI is InChI=1S/C11H15ClO2S/c1-13-6-7-14-8-9-15-11-5-3-2-4-10(11)12/h2-5H,6-9H2,1H3. The zero-order chi connectivity index (χ0) is 10.9. The number of hydrogen-bond donors (Lipinski definition) is 0. The minimum atomic E-state index is 0.650. The van der Waals surface area contributed by atoms with Crippen molar-refractivity contribution < 1.29 is 9.47 Å². The van der Waals surface area contributed by atoms with Crippen LogP contribution in [0.5, 0.6) is 0 Å². The zero-order valence-corrected chi connectivity index (χ0v) is 10.3. The van der Waals surface area contributed by atoms with E-state index in [0.717, 1.165) is 22.3 Å². The average Bonchev–Trinajstić information content (AvgIpc) is 2.25. The molecular formula is C11H15ClO2S. The molecular weight excluding hydrogens is 232 g/mol. The van der Waals surface area contributed by atoms with Gasteiger partial charge in [0.25, 0.3) is 0 Å². The molecule has 0 N–H and O–H groups in total. The van der Waals surface area contributed by atoms with Crippen LogP contribution in [0.1, 0.15) is 0 Å². The van der Waals surface area contributed by atoms with Crippen LogP contribution in [0.2, 0.25) is 5.02 Å². The van der Waals surface area contributed by atoms with E-state index in [-0.39, 0.29) is 0 Å². The van der Waals surface area contributed by atoms with Gasteiger partial charge in [0.05, 0.1) is 24.8 Å². The van der Waals surface area contributed by atoms with Gasteiger partial charge >= 0.3 is 0 Å². The van der Waals surface area contributed by atoms with Crippen molar-refractivity contribution >= 4 is 23.4 Å². The molecule has 0 aliphatic carbocycles. The van der Waals surface area contributed by atoms with E-state index in [2.05, 4.69) is 0 Å². The quantitative estimate of drug-likeness (QED) is 0.544. The number of hydrogen-bond acceptors (Lipinski definition) is 3. The first-order valence-electron chi connectivity index (χ1n) is 4.78. The molecule has 1 rings (SSSR count). The van der Waals surface area contributed by atoms with E-state index in [1.807, 2.05) is 24.3 Å². The molecule has 1 aromatic rings. The lowest BCUT2D eigenvalue weighted by atomic mass is 10.4. The molecule has 0 saturated carbocycles. The van der Waals surface area contributed by atoms with Gasteiger partial charge in [0.15, 0.2) is 0 Å². The van der Waals surface area contributed by atoms with Crippen molar-refractivity contribution in [3.05, 3.63) is 29.3 Å². The number of rotatable bonds is 7. The first kappa shape index (κ1) is 12.8. The fourth-order valence-corrected chi connectivity index (χ4v) is 2.12. The number of halogens is 1. The lowest BCUT2D eigenvalue weighted by molar-refractivity contribution is 0.0790. The van der Waals surface area contributed by atoms with E-state index in [9.17, 15) is 0 Å². The topological polar surface area (TPSA) is 18.5 Å². The second-order valence-electron chi connectivity index (χ2n) is 2.88. The molecule has 0 radical (unpaired) electrons. The van der Waals surface area contributed by atoms with Crippen molar-refractivity contribution in [2.75, 3.05) is 32.7 Å². The first-order valence-corrected chi connectivity index (χ1v) is 6.15. The summed E-state index contributed by atoms with van der Waals surface area (Å²) in [5, 5.41) is 0.805. The molecule has 0 amide bonds. The van der Waals surface area contributed by atoms with Crippen LogP contribution in [0.4, 0.5) is 0 Å². The van der Waals surface area contributed by atoms with Crippen molar-refractivity contribution in [3.8, 4) is 0 Å². The van der Waals surface area contributed by atoms with Crippen LogP contribution in [-0.4, -0.2) is 32.7 Å². The molecule has 84 valence electrons. The average molecular weight is 247 g/mol. The van der Waals surface area contributed by atoms with Gasteiger partial charge in [-0.25, -0.2) is 0 Å². The van der Waals surface area contributed by atoms with Crippen LogP contribution in [0.3, 0.4) is 0 Å². The second-order valence-corrected chi connectivity index (χ2v) is 4.43. The maximum atomic E-state index is 6.01. The van der Waals surface area contributed by atoms with Crippen LogP contribution in [-0.2, 0) is 9.47 Å². The van der Waals surface area contributed by atoms with Gasteiger partial charge < -0.3 is 9.47 Å². The molecule has 0 saturated heterocycles. The highest BCUT2D eigenvalue weighted by Gasteiger charge is 1.98. The molecule has 15 heavy (non-hydrogen) atoms. The molecule has 0 spiro atoms. The third kappa shape index (κ3) is 5.42. The van der Waals surface area contributed by atoms with E-state index in [4.69, 9.17) is 21.1 Å². The Morgan fingerprint density at radius 3 is 2.73 bits per heavy atom. The van der Waals surface area contributed by atoms with Crippen molar-refractivity contribution in [2.24, 2.45) is 0 Å². The molecule has 0 fully saturated rings. The van der Waals surface area contributed by atoms with Gasteiger partial charge in [0.2, 0.25) is 0 Å². The Balaban J connectivity index is 2.12. The Morgan fingerprint density at radius 1 is 1.20 bits per heavy atom. The predicted molar refractivity (Wildman–Crippen MR) is 64.9 cm³/mol. The first-order chi connectivity index (χ1) is 7.34. The summed E-state index contributed by atoms with van der Waals surface area (Å²) in [5.74, 6) is 0.910. The van der Waals surface area contributed by atoms with Crippen LogP contribution in [0.15, 0.2) is 29.2 Å². The molecule has 2 nitrogen and oxygen atoms in total. The van der Waals surface area contributed by atoms with Crippen LogP contribution >= 0.6 is 23.4 Å². The van der Waals surface area contributed by atoms with Crippen molar-refractivity contribution in [2.45, 2.75) is 4.90 Å². The molecule has 0 bridgehead atoms. The monoisotopic (exact) mass is 246 g/mol. The highest BCUT2D eigenvalue weighted by atomic mass is 35.5. The number of ether oxygens (including phenoxy) is 2. The lowest BCUT2D eigenvalue weighted by Gasteiger charge is -2.04. The van der Waals surface area contributed by atoms with Gasteiger partial charge in [0.1, 0.15) is 0 Å². The summed E-state index contributed by atoms with van der Waals surface area (Å²) in [7, 11) is 1.67. The fraction of sp³-hybridized carbons (Fsp3) is 0.455. The third-order valence-corrected chi connectivity index (χ3v) is 3.23. The van der Waals surface area contributed by atoms with E-state index in [1.165, 1.54) is 0 Å². The van der Waals surface area contributed by atoms with E-state index in [1.54, 1.807) is 18.9 Å². The predicted octanol–water partition coefficient (Wildman–Crippen LogP) is 3.10. The van der Waals surface area contributed by atoms with E-state index < -0.39 is 0 Å². The zero-order valence-electron chi connectivity index (χ0n) is 8.74. The van der Waals surface area contributed by atoms with Gasteiger partial charge in [-0.1, -0.05) is 23.7 Å². The van der Waals surface area contributed by atoms with Crippen molar-refractivity contribution in [1.29, 1.82) is 0 Å². The molecule has 0 aromatic heterocycles. The minimum Gasteiger partial charge on any atom is -0.382 e. The largest absolute Gasteiger partial charge is 0.382 e. The normalized spacial score (nSPS) is 10.5. The van der Waals surface area contributed by atoms with Gasteiger partial charge in [-0.15, -0.1) is 11.8 Å². The summed E-state index contributed by atoms with van der Waals surface area (Å²) in [6, 6.07) is 7.83. The highest BCUT2D eigenvalue weighted by Crippen LogP contribution is 2.26. The number of thioether (sulfide) groups is 1. The minimum absolute atomic E-state index is 0.650. The Labute approximate surface area is 99.9 Å². The SMILES string of the molecule is COCCOCCSc1ccccc1Cl. The summed E-state index contributed by atoms with van der Waals surface area (Å²) < 4.78 is 10.2. The number of benzene rings is 1. The van der Waals surface area contributed by atoms with E-state index in [0.29, 0.717) is 13.2 Å².